The highest BCUT2D eigenvalue weighted by molar-refractivity contribution is 9.10. The summed E-state index contributed by atoms with van der Waals surface area (Å²) < 4.78 is 11.4. The van der Waals surface area contributed by atoms with Gasteiger partial charge in [-0.1, -0.05) is 15.9 Å². The van der Waals surface area contributed by atoms with Gasteiger partial charge in [0.05, 0.1) is 7.11 Å². The first-order valence-corrected chi connectivity index (χ1v) is 7.86. The number of benzene rings is 2. The number of carbonyl (C=O) groups is 1. The number of ether oxygens (including phenoxy) is 2. The van der Waals surface area contributed by atoms with Gasteiger partial charge in [0.15, 0.2) is 0 Å². The average molecular weight is 380 g/mol. The zero-order chi connectivity index (χ0) is 16.7. The third kappa shape index (κ3) is 5.58. The summed E-state index contributed by atoms with van der Waals surface area (Å²) in [6.45, 7) is 0.206. The summed E-state index contributed by atoms with van der Waals surface area (Å²) in [5.74, 6) is 1.13. The summed E-state index contributed by atoms with van der Waals surface area (Å²) in [5, 5.41) is 12.5. The smallest absolute Gasteiger partial charge is 0.251 e. The van der Waals surface area contributed by atoms with Crippen molar-refractivity contribution >= 4 is 21.8 Å². The van der Waals surface area contributed by atoms with Gasteiger partial charge in [0.25, 0.3) is 5.91 Å². The molecule has 0 heterocycles. The fourth-order valence-corrected chi connectivity index (χ4v) is 2.10. The number of hydrogen-bond donors (Lipinski definition) is 2. The van der Waals surface area contributed by atoms with Gasteiger partial charge >= 0.3 is 0 Å². The molecule has 1 amide bonds. The lowest BCUT2D eigenvalue weighted by Gasteiger charge is -2.13. The van der Waals surface area contributed by atoms with Crippen LogP contribution in [-0.2, 0) is 0 Å². The molecule has 0 saturated heterocycles. The van der Waals surface area contributed by atoms with Crippen LogP contribution in [0, 0.1) is 0 Å². The molecule has 1 unspecified atom stereocenters. The molecule has 0 radical (unpaired) electrons. The molecule has 0 aliphatic rings. The van der Waals surface area contributed by atoms with Crippen LogP contribution in [0.25, 0.3) is 0 Å². The molecule has 0 aliphatic carbocycles. The van der Waals surface area contributed by atoms with Gasteiger partial charge in [0.2, 0.25) is 0 Å². The molecule has 2 rings (SSSR count). The van der Waals surface area contributed by atoms with Crippen molar-refractivity contribution < 1.29 is 19.4 Å². The normalized spacial score (nSPS) is 11.6. The van der Waals surface area contributed by atoms with Crippen molar-refractivity contribution in [3.05, 3.63) is 58.6 Å². The van der Waals surface area contributed by atoms with Gasteiger partial charge in [-0.15, -0.1) is 0 Å². The first kappa shape index (κ1) is 17.3. The van der Waals surface area contributed by atoms with Crippen molar-refractivity contribution in [2.75, 3.05) is 20.3 Å². The largest absolute Gasteiger partial charge is 0.497 e. The Morgan fingerprint density at radius 1 is 1.13 bits per heavy atom. The number of rotatable bonds is 7. The Kier molecular flexibility index (Phi) is 6.43. The minimum atomic E-state index is -0.795. The summed E-state index contributed by atoms with van der Waals surface area (Å²) in [7, 11) is 1.59. The molecule has 1 atom stereocenters. The lowest BCUT2D eigenvalue weighted by atomic mass is 10.2. The van der Waals surface area contributed by atoms with E-state index in [0.29, 0.717) is 11.3 Å². The minimum absolute atomic E-state index is 0.0902. The molecule has 5 nitrogen and oxygen atoms in total. The van der Waals surface area contributed by atoms with E-state index in [9.17, 15) is 9.90 Å². The number of hydrogen-bond acceptors (Lipinski definition) is 4. The first-order chi connectivity index (χ1) is 11.1. The van der Waals surface area contributed by atoms with E-state index in [1.54, 1.807) is 55.6 Å². The van der Waals surface area contributed by atoms with E-state index in [4.69, 9.17) is 9.47 Å². The van der Waals surface area contributed by atoms with Crippen molar-refractivity contribution in [3.8, 4) is 11.5 Å². The predicted molar refractivity (Wildman–Crippen MR) is 91.0 cm³/mol. The Bertz CT molecular complexity index is 628. The summed E-state index contributed by atoms with van der Waals surface area (Å²) in [6, 6.07) is 14.1. The number of nitrogens with one attached hydrogen (secondary N) is 1. The number of aliphatic hydroxyl groups excluding tert-OH is 1. The van der Waals surface area contributed by atoms with Gasteiger partial charge in [-0.2, -0.15) is 0 Å². The SMILES string of the molecule is COc1ccc(OCC(O)CNC(=O)c2ccc(Br)cc2)cc1. The van der Waals surface area contributed by atoms with Gasteiger partial charge in [-0.3, -0.25) is 4.79 Å². The Morgan fingerprint density at radius 3 is 2.35 bits per heavy atom. The third-order valence-corrected chi connectivity index (χ3v) is 3.64. The van der Waals surface area contributed by atoms with Crippen LogP contribution in [0.1, 0.15) is 10.4 Å². The van der Waals surface area contributed by atoms with Crippen LogP contribution in [0.3, 0.4) is 0 Å². The van der Waals surface area contributed by atoms with E-state index in [1.165, 1.54) is 0 Å². The van der Waals surface area contributed by atoms with Crippen LogP contribution in [0.4, 0.5) is 0 Å². The Morgan fingerprint density at radius 2 is 1.74 bits per heavy atom. The van der Waals surface area contributed by atoms with Crippen molar-refractivity contribution in [1.82, 2.24) is 5.32 Å². The maximum Gasteiger partial charge on any atom is 0.251 e. The van der Waals surface area contributed by atoms with Gasteiger partial charge in [-0.25, -0.2) is 0 Å². The molecule has 0 fully saturated rings. The molecule has 6 heteroatoms. The topological polar surface area (TPSA) is 67.8 Å². The van der Waals surface area contributed by atoms with Gasteiger partial charge in [0, 0.05) is 16.6 Å². The van der Waals surface area contributed by atoms with Crippen molar-refractivity contribution in [2.45, 2.75) is 6.10 Å². The van der Waals surface area contributed by atoms with E-state index < -0.39 is 6.10 Å². The number of aliphatic hydroxyl groups is 1. The number of carbonyl (C=O) groups excluding carboxylic acids is 1. The molecule has 2 N–H and O–H groups in total. The van der Waals surface area contributed by atoms with Crippen molar-refractivity contribution in [3.63, 3.8) is 0 Å². The Balaban J connectivity index is 1.74. The third-order valence-electron chi connectivity index (χ3n) is 3.11. The highest BCUT2D eigenvalue weighted by atomic mass is 79.9. The Labute approximate surface area is 143 Å². The van der Waals surface area contributed by atoms with Crippen LogP contribution < -0.4 is 14.8 Å². The van der Waals surface area contributed by atoms with Crippen molar-refractivity contribution in [1.29, 1.82) is 0 Å². The lowest BCUT2D eigenvalue weighted by Crippen LogP contribution is -2.35. The maximum absolute atomic E-state index is 11.9. The fraction of sp³-hybridized carbons (Fsp3) is 0.235. The molecular formula is C17H18BrNO4. The van der Waals surface area contributed by atoms with E-state index in [2.05, 4.69) is 21.2 Å². The molecule has 0 aromatic heterocycles. The van der Waals surface area contributed by atoms with E-state index in [-0.39, 0.29) is 19.1 Å². The predicted octanol–water partition coefficient (Wildman–Crippen LogP) is 2.63. The van der Waals surface area contributed by atoms with Crippen LogP contribution in [-0.4, -0.2) is 37.4 Å². The maximum atomic E-state index is 11.9. The highest BCUT2D eigenvalue weighted by Gasteiger charge is 2.10. The second-order valence-electron chi connectivity index (χ2n) is 4.86. The van der Waals surface area contributed by atoms with Crippen LogP contribution in [0.15, 0.2) is 53.0 Å². The molecule has 0 saturated carbocycles. The second kappa shape index (κ2) is 8.55. The number of halogens is 1. The summed E-state index contributed by atoms with van der Waals surface area (Å²) in [5.41, 5.74) is 0.538. The fourth-order valence-electron chi connectivity index (χ4n) is 1.84. The molecular weight excluding hydrogens is 362 g/mol. The summed E-state index contributed by atoms with van der Waals surface area (Å²) >= 11 is 3.31. The lowest BCUT2D eigenvalue weighted by molar-refractivity contribution is 0.0843. The summed E-state index contributed by atoms with van der Waals surface area (Å²) in [4.78, 5) is 11.9. The second-order valence-corrected chi connectivity index (χ2v) is 5.77. The number of amides is 1. The zero-order valence-corrected chi connectivity index (χ0v) is 14.2. The van der Waals surface area contributed by atoms with Crippen LogP contribution in [0.5, 0.6) is 11.5 Å². The molecule has 2 aromatic rings. The van der Waals surface area contributed by atoms with Gasteiger partial charge in [-0.05, 0) is 48.5 Å². The van der Waals surface area contributed by atoms with E-state index in [1.807, 2.05) is 0 Å². The van der Waals surface area contributed by atoms with E-state index >= 15 is 0 Å². The van der Waals surface area contributed by atoms with Crippen molar-refractivity contribution in [2.24, 2.45) is 0 Å². The first-order valence-electron chi connectivity index (χ1n) is 7.07. The zero-order valence-electron chi connectivity index (χ0n) is 12.7. The molecule has 0 aliphatic heterocycles. The molecule has 122 valence electrons. The standard InChI is InChI=1S/C17H18BrNO4/c1-22-15-6-8-16(9-7-15)23-11-14(20)10-19-17(21)12-2-4-13(18)5-3-12/h2-9,14,20H,10-11H2,1H3,(H,19,21). The van der Waals surface area contributed by atoms with Crippen LogP contribution in [0.2, 0.25) is 0 Å². The van der Waals surface area contributed by atoms with E-state index in [0.717, 1.165) is 10.2 Å². The molecule has 0 spiro atoms. The molecule has 2 aromatic carbocycles. The van der Waals surface area contributed by atoms with Gasteiger partial charge < -0.3 is 19.9 Å². The monoisotopic (exact) mass is 379 g/mol. The average Bonchev–Trinajstić information content (AvgIpc) is 2.59. The summed E-state index contributed by atoms with van der Waals surface area (Å²) in [6.07, 6.45) is -0.795. The number of methoxy groups -OCH3 is 1. The quantitative estimate of drug-likeness (QED) is 0.775. The van der Waals surface area contributed by atoms with Crippen LogP contribution >= 0.6 is 15.9 Å². The minimum Gasteiger partial charge on any atom is -0.497 e. The molecule has 23 heavy (non-hydrogen) atoms. The Hall–Kier alpha value is -2.05. The highest BCUT2D eigenvalue weighted by Crippen LogP contribution is 2.17. The van der Waals surface area contributed by atoms with Gasteiger partial charge in [0.1, 0.15) is 24.2 Å². The molecule has 0 bridgehead atoms.